The highest BCUT2D eigenvalue weighted by atomic mass is 16.4. The number of hydrogen-bond acceptors (Lipinski definition) is 6. The van der Waals surface area contributed by atoms with Crippen LogP contribution < -0.4 is 0 Å². The molecule has 2 rings (SSSR count). The summed E-state index contributed by atoms with van der Waals surface area (Å²) in [4.78, 5) is 12.7. The number of aliphatic carboxylic acids is 1. The van der Waals surface area contributed by atoms with E-state index in [9.17, 15) is 4.79 Å². The Labute approximate surface area is 122 Å². The summed E-state index contributed by atoms with van der Waals surface area (Å²) in [5, 5.41) is 16.6. The molecule has 0 fully saturated rings. The van der Waals surface area contributed by atoms with Crippen LogP contribution in [0, 0.1) is 0 Å². The van der Waals surface area contributed by atoms with Crippen molar-refractivity contribution in [3.63, 3.8) is 0 Å². The van der Waals surface area contributed by atoms with Crippen molar-refractivity contribution in [2.75, 3.05) is 6.54 Å². The summed E-state index contributed by atoms with van der Waals surface area (Å²) < 4.78 is 10.8. The molecule has 7 nitrogen and oxygen atoms in total. The van der Waals surface area contributed by atoms with Crippen LogP contribution in [0.5, 0.6) is 0 Å². The number of hydrogen-bond donors (Lipinski definition) is 1. The van der Waals surface area contributed by atoms with Gasteiger partial charge >= 0.3 is 5.97 Å². The van der Waals surface area contributed by atoms with E-state index >= 15 is 0 Å². The molecule has 0 spiro atoms. The Morgan fingerprint density at radius 3 is 2.86 bits per heavy atom. The van der Waals surface area contributed by atoms with E-state index in [0.29, 0.717) is 37.1 Å². The van der Waals surface area contributed by atoms with E-state index in [2.05, 4.69) is 15.1 Å². The number of rotatable bonds is 8. The van der Waals surface area contributed by atoms with Gasteiger partial charge in [0, 0.05) is 12.5 Å². The third-order valence-corrected chi connectivity index (χ3v) is 3.10. The summed E-state index contributed by atoms with van der Waals surface area (Å²) in [6.07, 6.45) is 2.29. The van der Waals surface area contributed by atoms with Gasteiger partial charge in [0.25, 0.3) is 5.89 Å². The lowest BCUT2D eigenvalue weighted by atomic mass is 10.2. The van der Waals surface area contributed by atoms with Crippen LogP contribution in [0.15, 0.2) is 27.2 Å². The first-order valence-electron chi connectivity index (χ1n) is 6.88. The summed E-state index contributed by atoms with van der Waals surface area (Å²) in [5.74, 6) is 0.599. The minimum atomic E-state index is -0.781. The topological polar surface area (TPSA) is 92.6 Å². The van der Waals surface area contributed by atoms with Gasteiger partial charge in [0.1, 0.15) is 0 Å². The second-order valence-electron chi connectivity index (χ2n) is 5.04. The van der Waals surface area contributed by atoms with Crippen molar-refractivity contribution >= 4 is 5.97 Å². The normalized spacial score (nSPS) is 11.4. The number of carboxylic acids is 1. The van der Waals surface area contributed by atoms with Crippen LogP contribution in [0.1, 0.15) is 32.6 Å². The van der Waals surface area contributed by atoms with Gasteiger partial charge in [-0.25, -0.2) is 0 Å². The first-order chi connectivity index (χ1) is 10.1. The maximum absolute atomic E-state index is 10.6. The second kappa shape index (κ2) is 7.03. The third kappa shape index (κ3) is 4.42. The van der Waals surface area contributed by atoms with Crippen LogP contribution in [0.4, 0.5) is 0 Å². The molecule has 0 saturated carbocycles. The Kier molecular flexibility index (Phi) is 5.10. The molecule has 0 saturated heterocycles. The van der Waals surface area contributed by atoms with Crippen molar-refractivity contribution in [2.24, 2.45) is 0 Å². The van der Waals surface area contributed by atoms with Crippen LogP contribution in [0.2, 0.25) is 0 Å². The molecule has 2 aromatic rings. The van der Waals surface area contributed by atoms with Crippen molar-refractivity contribution < 1.29 is 18.7 Å². The molecule has 0 aliphatic heterocycles. The van der Waals surface area contributed by atoms with Crippen molar-refractivity contribution in [3.05, 3.63) is 24.3 Å². The molecule has 0 radical (unpaired) electrons. The van der Waals surface area contributed by atoms with Gasteiger partial charge in [-0.2, -0.15) is 0 Å². The van der Waals surface area contributed by atoms with Crippen LogP contribution in [-0.4, -0.2) is 38.8 Å². The lowest BCUT2D eigenvalue weighted by Gasteiger charge is -2.24. The summed E-state index contributed by atoms with van der Waals surface area (Å²) in [7, 11) is 0. The highest BCUT2D eigenvalue weighted by Gasteiger charge is 2.16. The molecule has 0 aromatic carbocycles. The van der Waals surface area contributed by atoms with Crippen LogP contribution in [0.3, 0.4) is 0 Å². The standard InChI is InChI=1S/C14H19N3O4/c1-10(2)17(7-3-6-13(18)19)9-12-15-16-14(21-12)11-5-4-8-20-11/h4-5,8,10H,3,6-7,9H2,1-2H3,(H,18,19). The quantitative estimate of drug-likeness (QED) is 0.798. The maximum atomic E-state index is 10.6. The Bertz CT molecular complexity index is 563. The Balaban J connectivity index is 1.95. The Morgan fingerprint density at radius 1 is 1.43 bits per heavy atom. The van der Waals surface area contributed by atoms with Crippen molar-refractivity contribution in [1.82, 2.24) is 15.1 Å². The predicted octanol–water partition coefficient (Wildman–Crippen LogP) is 2.40. The zero-order chi connectivity index (χ0) is 15.2. The Morgan fingerprint density at radius 2 is 2.24 bits per heavy atom. The van der Waals surface area contributed by atoms with E-state index < -0.39 is 5.97 Å². The molecule has 2 heterocycles. The first-order valence-corrected chi connectivity index (χ1v) is 6.88. The van der Waals surface area contributed by atoms with Crippen LogP contribution >= 0.6 is 0 Å². The highest BCUT2D eigenvalue weighted by molar-refractivity contribution is 5.66. The number of carbonyl (C=O) groups is 1. The molecule has 2 aromatic heterocycles. The molecule has 0 aliphatic rings. The fourth-order valence-corrected chi connectivity index (χ4v) is 1.94. The molecule has 21 heavy (non-hydrogen) atoms. The molecule has 0 aliphatic carbocycles. The van der Waals surface area contributed by atoms with E-state index in [1.54, 1.807) is 18.4 Å². The van der Waals surface area contributed by atoms with E-state index in [1.807, 2.05) is 13.8 Å². The second-order valence-corrected chi connectivity index (χ2v) is 5.04. The lowest BCUT2D eigenvalue weighted by Crippen LogP contribution is -2.31. The molecular formula is C14H19N3O4. The van der Waals surface area contributed by atoms with E-state index in [0.717, 1.165) is 0 Å². The molecule has 0 bridgehead atoms. The number of carboxylic acid groups (broad SMARTS) is 1. The number of furan rings is 1. The molecule has 7 heteroatoms. The molecule has 0 amide bonds. The van der Waals surface area contributed by atoms with Gasteiger partial charge in [0.2, 0.25) is 5.89 Å². The lowest BCUT2D eigenvalue weighted by molar-refractivity contribution is -0.137. The first kappa shape index (κ1) is 15.2. The minimum Gasteiger partial charge on any atom is -0.481 e. The summed E-state index contributed by atoms with van der Waals surface area (Å²) >= 11 is 0. The fraction of sp³-hybridized carbons (Fsp3) is 0.500. The van der Waals surface area contributed by atoms with Crippen molar-refractivity contribution in [3.8, 4) is 11.7 Å². The average Bonchev–Trinajstić information content (AvgIpc) is 3.07. The number of aromatic nitrogens is 2. The minimum absolute atomic E-state index is 0.157. The summed E-state index contributed by atoms with van der Waals surface area (Å²) in [6, 6.07) is 3.77. The van der Waals surface area contributed by atoms with Gasteiger partial charge in [0.15, 0.2) is 5.76 Å². The van der Waals surface area contributed by atoms with Crippen LogP contribution in [0.25, 0.3) is 11.7 Å². The van der Waals surface area contributed by atoms with Gasteiger partial charge in [-0.15, -0.1) is 10.2 Å². The highest BCUT2D eigenvalue weighted by Crippen LogP contribution is 2.19. The van der Waals surface area contributed by atoms with Crippen molar-refractivity contribution in [1.29, 1.82) is 0 Å². The number of nitrogens with zero attached hydrogens (tertiary/aromatic N) is 3. The average molecular weight is 293 g/mol. The zero-order valence-electron chi connectivity index (χ0n) is 12.2. The summed E-state index contributed by atoms with van der Waals surface area (Å²) in [5.41, 5.74) is 0. The van der Waals surface area contributed by atoms with Crippen LogP contribution in [-0.2, 0) is 11.3 Å². The van der Waals surface area contributed by atoms with Crippen molar-refractivity contribution in [2.45, 2.75) is 39.3 Å². The largest absolute Gasteiger partial charge is 0.481 e. The monoisotopic (exact) mass is 293 g/mol. The van der Waals surface area contributed by atoms with Gasteiger partial charge in [-0.05, 0) is 38.9 Å². The zero-order valence-corrected chi connectivity index (χ0v) is 12.2. The van der Waals surface area contributed by atoms with E-state index in [-0.39, 0.29) is 12.5 Å². The third-order valence-electron chi connectivity index (χ3n) is 3.10. The van der Waals surface area contributed by atoms with Gasteiger partial charge < -0.3 is 13.9 Å². The molecule has 1 N–H and O–H groups in total. The van der Waals surface area contributed by atoms with E-state index in [4.69, 9.17) is 13.9 Å². The molecule has 0 atom stereocenters. The molecular weight excluding hydrogens is 274 g/mol. The smallest absolute Gasteiger partial charge is 0.303 e. The van der Waals surface area contributed by atoms with Gasteiger partial charge in [-0.1, -0.05) is 0 Å². The molecule has 114 valence electrons. The molecule has 0 unspecified atom stereocenters. The maximum Gasteiger partial charge on any atom is 0.303 e. The Hall–Kier alpha value is -2.15. The SMILES string of the molecule is CC(C)N(CCCC(=O)O)Cc1nnc(-c2ccco2)o1. The van der Waals surface area contributed by atoms with Gasteiger partial charge in [0.05, 0.1) is 12.8 Å². The van der Waals surface area contributed by atoms with E-state index in [1.165, 1.54) is 0 Å². The summed E-state index contributed by atoms with van der Waals surface area (Å²) in [6.45, 7) is 5.25. The van der Waals surface area contributed by atoms with Gasteiger partial charge in [-0.3, -0.25) is 9.69 Å². The fourth-order valence-electron chi connectivity index (χ4n) is 1.94. The predicted molar refractivity (Wildman–Crippen MR) is 74.4 cm³/mol.